The maximum absolute atomic E-state index is 11.5. The number of halogens is 2. The van der Waals surface area contributed by atoms with Crippen molar-refractivity contribution in [2.75, 3.05) is 13.1 Å². The SMILES string of the molecule is CCC1(C(=O)O)CCCN(Cc2cc(Br)c(Br)s2)C1. The van der Waals surface area contributed by atoms with E-state index in [0.717, 1.165) is 34.2 Å². The molecule has 0 bridgehead atoms. The molecule has 19 heavy (non-hydrogen) atoms. The Balaban J connectivity index is 2.07. The van der Waals surface area contributed by atoms with E-state index in [1.165, 1.54) is 4.88 Å². The van der Waals surface area contributed by atoms with Gasteiger partial charge in [0.1, 0.15) is 0 Å². The highest BCUT2D eigenvalue weighted by Gasteiger charge is 2.40. The fourth-order valence-corrected chi connectivity index (χ4v) is 4.89. The molecule has 2 heterocycles. The predicted octanol–water partition coefficient (Wildman–Crippen LogP) is 4.35. The largest absolute Gasteiger partial charge is 0.481 e. The van der Waals surface area contributed by atoms with Crippen molar-refractivity contribution in [3.63, 3.8) is 0 Å². The number of carboxylic acid groups (broad SMARTS) is 1. The minimum atomic E-state index is -0.645. The van der Waals surface area contributed by atoms with E-state index in [4.69, 9.17) is 0 Å². The first-order valence-electron chi connectivity index (χ1n) is 6.36. The van der Waals surface area contributed by atoms with Crippen LogP contribution in [-0.2, 0) is 11.3 Å². The van der Waals surface area contributed by atoms with Crippen LogP contribution in [0.2, 0.25) is 0 Å². The number of nitrogens with zero attached hydrogens (tertiary/aromatic N) is 1. The van der Waals surface area contributed by atoms with Crippen LogP contribution in [-0.4, -0.2) is 29.1 Å². The van der Waals surface area contributed by atoms with Gasteiger partial charge in [-0.05, 0) is 63.7 Å². The third-order valence-corrected chi connectivity index (χ3v) is 7.10. The van der Waals surface area contributed by atoms with Gasteiger partial charge in [0.2, 0.25) is 0 Å². The fourth-order valence-electron chi connectivity index (χ4n) is 2.67. The molecule has 3 nitrogen and oxygen atoms in total. The highest BCUT2D eigenvalue weighted by molar-refractivity contribution is 9.13. The molecule has 0 aliphatic carbocycles. The summed E-state index contributed by atoms with van der Waals surface area (Å²) in [5.41, 5.74) is -0.552. The molecular formula is C13H17Br2NO2S. The quantitative estimate of drug-likeness (QED) is 0.801. The van der Waals surface area contributed by atoms with Gasteiger partial charge in [-0.3, -0.25) is 9.69 Å². The van der Waals surface area contributed by atoms with Gasteiger partial charge < -0.3 is 5.11 Å². The van der Waals surface area contributed by atoms with Crippen molar-refractivity contribution in [2.45, 2.75) is 32.7 Å². The third-order valence-electron chi connectivity index (χ3n) is 3.86. The van der Waals surface area contributed by atoms with Crippen molar-refractivity contribution in [2.24, 2.45) is 5.41 Å². The minimum absolute atomic E-state index is 0.552. The van der Waals surface area contributed by atoms with Gasteiger partial charge in [0, 0.05) is 22.4 Å². The van der Waals surface area contributed by atoms with Gasteiger partial charge in [-0.15, -0.1) is 11.3 Å². The Morgan fingerprint density at radius 1 is 1.58 bits per heavy atom. The number of hydrogen-bond donors (Lipinski definition) is 1. The van der Waals surface area contributed by atoms with Crippen LogP contribution < -0.4 is 0 Å². The number of piperidine rings is 1. The molecule has 1 saturated heterocycles. The molecule has 1 atom stereocenters. The molecule has 0 radical (unpaired) electrons. The summed E-state index contributed by atoms with van der Waals surface area (Å²) in [6, 6.07) is 2.11. The summed E-state index contributed by atoms with van der Waals surface area (Å²) < 4.78 is 2.17. The van der Waals surface area contributed by atoms with E-state index in [2.05, 4.69) is 42.8 Å². The summed E-state index contributed by atoms with van der Waals surface area (Å²) in [6.07, 6.45) is 2.47. The molecule has 1 fully saturated rings. The van der Waals surface area contributed by atoms with Gasteiger partial charge in [0.25, 0.3) is 0 Å². The number of carbonyl (C=O) groups is 1. The summed E-state index contributed by atoms with van der Waals surface area (Å²) in [4.78, 5) is 15.1. The molecule has 1 aliphatic heterocycles. The molecule has 1 N–H and O–H groups in total. The van der Waals surface area contributed by atoms with E-state index in [1.807, 2.05) is 6.92 Å². The molecule has 2 rings (SSSR count). The number of carboxylic acids is 1. The van der Waals surface area contributed by atoms with Gasteiger partial charge in [0.05, 0.1) is 9.20 Å². The molecule has 0 spiro atoms. The fraction of sp³-hybridized carbons (Fsp3) is 0.615. The average molecular weight is 411 g/mol. The number of thiophene rings is 1. The zero-order valence-corrected chi connectivity index (χ0v) is 14.8. The van der Waals surface area contributed by atoms with Crippen molar-refractivity contribution in [3.8, 4) is 0 Å². The van der Waals surface area contributed by atoms with Crippen LogP contribution in [0.5, 0.6) is 0 Å². The Morgan fingerprint density at radius 3 is 2.84 bits per heavy atom. The molecule has 6 heteroatoms. The first-order chi connectivity index (χ1) is 8.97. The minimum Gasteiger partial charge on any atom is -0.481 e. The van der Waals surface area contributed by atoms with E-state index in [9.17, 15) is 9.90 Å². The van der Waals surface area contributed by atoms with Crippen LogP contribution in [0.1, 0.15) is 31.1 Å². The number of aliphatic carboxylic acids is 1. The van der Waals surface area contributed by atoms with Crippen molar-refractivity contribution in [3.05, 3.63) is 19.2 Å². The summed E-state index contributed by atoms with van der Waals surface area (Å²) in [7, 11) is 0. The number of hydrogen-bond acceptors (Lipinski definition) is 3. The number of likely N-dealkylation sites (tertiary alicyclic amines) is 1. The van der Waals surface area contributed by atoms with Crippen molar-refractivity contribution in [1.29, 1.82) is 0 Å². The van der Waals surface area contributed by atoms with Crippen LogP contribution in [0.3, 0.4) is 0 Å². The first-order valence-corrected chi connectivity index (χ1v) is 8.76. The predicted molar refractivity (Wildman–Crippen MR) is 84.6 cm³/mol. The summed E-state index contributed by atoms with van der Waals surface area (Å²) in [6.45, 7) is 4.47. The Hall–Kier alpha value is 0.0900. The first kappa shape index (κ1) is 15.5. The smallest absolute Gasteiger partial charge is 0.310 e. The molecule has 1 aromatic heterocycles. The van der Waals surface area contributed by atoms with Crippen LogP contribution in [0.4, 0.5) is 0 Å². The summed E-state index contributed by atoms with van der Waals surface area (Å²) in [5, 5.41) is 9.48. The van der Waals surface area contributed by atoms with Gasteiger partial charge in [-0.2, -0.15) is 0 Å². The van der Waals surface area contributed by atoms with E-state index < -0.39 is 11.4 Å². The van der Waals surface area contributed by atoms with E-state index in [0.29, 0.717) is 13.0 Å². The molecule has 1 aliphatic rings. The average Bonchev–Trinajstić information content (AvgIpc) is 2.68. The van der Waals surface area contributed by atoms with Gasteiger partial charge >= 0.3 is 5.97 Å². The highest BCUT2D eigenvalue weighted by Crippen LogP contribution is 2.37. The third kappa shape index (κ3) is 3.40. The van der Waals surface area contributed by atoms with Crippen molar-refractivity contribution >= 4 is 49.2 Å². The second-order valence-electron chi connectivity index (χ2n) is 5.09. The molecular weight excluding hydrogens is 394 g/mol. The molecule has 1 aromatic rings. The van der Waals surface area contributed by atoms with Crippen molar-refractivity contribution in [1.82, 2.24) is 4.90 Å². The Kier molecular flexibility index (Phi) is 5.09. The molecule has 0 amide bonds. The van der Waals surface area contributed by atoms with Gasteiger partial charge in [-0.1, -0.05) is 6.92 Å². The van der Waals surface area contributed by atoms with Crippen LogP contribution in [0, 0.1) is 5.41 Å². The van der Waals surface area contributed by atoms with E-state index in [-0.39, 0.29) is 0 Å². The van der Waals surface area contributed by atoms with Crippen molar-refractivity contribution < 1.29 is 9.90 Å². The zero-order chi connectivity index (χ0) is 14.0. The zero-order valence-electron chi connectivity index (χ0n) is 10.8. The lowest BCUT2D eigenvalue weighted by molar-refractivity contribution is -0.153. The normalized spacial score (nSPS) is 24.6. The summed E-state index contributed by atoms with van der Waals surface area (Å²) >= 11 is 8.70. The van der Waals surface area contributed by atoms with E-state index in [1.54, 1.807) is 11.3 Å². The lowest BCUT2D eigenvalue weighted by atomic mass is 9.77. The van der Waals surface area contributed by atoms with Gasteiger partial charge in [0.15, 0.2) is 0 Å². The highest BCUT2D eigenvalue weighted by atomic mass is 79.9. The Bertz CT molecular complexity index is 458. The molecule has 0 saturated carbocycles. The topological polar surface area (TPSA) is 40.5 Å². The second-order valence-corrected chi connectivity index (χ2v) is 8.40. The summed E-state index contributed by atoms with van der Waals surface area (Å²) in [5.74, 6) is -0.645. The monoisotopic (exact) mass is 409 g/mol. The standard InChI is InChI=1S/C13H17Br2NO2S/c1-2-13(12(17)18)4-3-5-16(8-13)7-9-6-10(14)11(15)19-9/h6H,2-5,7-8H2,1H3,(H,17,18). The van der Waals surface area contributed by atoms with Crippen LogP contribution in [0.25, 0.3) is 0 Å². The van der Waals surface area contributed by atoms with Crippen LogP contribution in [0.15, 0.2) is 14.3 Å². The van der Waals surface area contributed by atoms with E-state index >= 15 is 0 Å². The maximum Gasteiger partial charge on any atom is 0.310 e. The van der Waals surface area contributed by atoms with Crippen LogP contribution >= 0.6 is 43.2 Å². The second kappa shape index (κ2) is 6.24. The lowest BCUT2D eigenvalue weighted by Gasteiger charge is -2.39. The number of rotatable bonds is 4. The molecule has 0 aromatic carbocycles. The Morgan fingerprint density at radius 2 is 2.32 bits per heavy atom. The maximum atomic E-state index is 11.5. The van der Waals surface area contributed by atoms with Gasteiger partial charge in [-0.25, -0.2) is 0 Å². The molecule has 106 valence electrons. The Labute approximate surface area is 134 Å². The lowest BCUT2D eigenvalue weighted by Crippen LogP contribution is -2.47. The molecule has 1 unspecified atom stereocenters.